The maximum absolute atomic E-state index is 14.1. The first kappa shape index (κ1) is 38.4. The second-order valence-corrected chi connectivity index (χ2v) is 11.3. The van der Waals surface area contributed by atoms with Crippen molar-refractivity contribution in [2.24, 2.45) is 0 Å². The zero-order valence-electron chi connectivity index (χ0n) is 27.2. The molecule has 1 aliphatic heterocycles. The van der Waals surface area contributed by atoms with Gasteiger partial charge in [0.25, 0.3) is 17.6 Å². The molecule has 0 saturated carbocycles. The Morgan fingerprint density at radius 2 is 1.51 bits per heavy atom. The Morgan fingerprint density at radius 3 is 2.12 bits per heavy atom. The number of anilines is 2. The van der Waals surface area contributed by atoms with Crippen LogP contribution in [0.5, 0.6) is 5.75 Å². The molecule has 1 aliphatic rings. The summed E-state index contributed by atoms with van der Waals surface area (Å²) in [6.45, 7) is 6.05. The van der Waals surface area contributed by atoms with Gasteiger partial charge >= 0.3 is 18.3 Å². The molecule has 0 spiro atoms. The SMILES string of the molecule is CCN1CCN(Cc2ccc(NC(=O)c3cc(NC(=O)C(=O)c4c[nH]c5ccccc45)cc(OC)c3)cc2C(F)(F)F)CC1.O=C(O)C(F)(F)F. The van der Waals surface area contributed by atoms with Gasteiger partial charge in [-0.25, -0.2) is 4.79 Å². The molecule has 5 rings (SSSR count). The van der Waals surface area contributed by atoms with Crippen molar-refractivity contribution in [3.05, 3.63) is 89.1 Å². The molecule has 3 aromatic carbocycles. The van der Waals surface area contributed by atoms with Crippen molar-refractivity contribution in [2.45, 2.75) is 25.8 Å². The molecule has 0 aliphatic carbocycles. The van der Waals surface area contributed by atoms with Gasteiger partial charge in [0.1, 0.15) is 5.75 Å². The number of ether oxygens (including phenoxy) is 1. The van der Waals surface area contributed by atoms with Crippen LogP contribution in [0.1, 0.15) is 38.8 Å². The Hall–Kier alpha value is -5.42. The van der Waals surface area contributed by atoms with Gasteiger partial charge in [-0.15, -0.1) is 0 Å². The van der Waals surface area contributed by atoms with Gasteiger partial charge in [0, 0.05) is 72.8 Å². The van der Waals surface area contributed by atoms with Gasteiger partial charge in [-0.2, -0.15) is 26.3 Å². The Labute approximate surface area is 287 Å². The highest BCUT2D eigenvalue weighted by Crippen LogP contribution is 2.35. The lowest BCUT2D eigenvalue weighted by Crippen LogP contribution is -2.45. The van der Waals surface area contributed by atoms with Crippen LogP contribution in [0.4, 0.5) is 37.7 Å². The smallest absolute Gasteiger partial charge is 0.490 e. The lowest BCUT2D eigenvalue weighted by atomic mass is 10.0. The van der Waals surface area contributed by atoms with Crippen LogP contribution in [0.25, 0.3) is 10.9 Å². The number of para-hydroxylation sites is 1. The highest BCUT2D eigenvalue weighted by atomic mass is 19.4. The number of Topliss-reactive ketones (excluding diaryl/α,β-unsaturated/α-hetero) is 1. The number of aromatic amines is 1. The highest BCUT2D eigenvalue weighted by Gasteiger charge is 2.38. The van der Waals surface area contributed by atoms with Gasteiger partial charge in [0.2, 0.25) is 0 Å². The summed E-state index contributed by atoms with van der Waals surface area (Å²) in [6.07, 6.45) is -8.25. The number of halogens is 6. The minimum atomic E-state index is -5.08. The number of nitrogens with one attached hydrogen (secondary N) is 3. The number of rotatable bonds is 9. The lowest BCUT2D eigenvalue weighted by Gasteiger charge is -2.34. The van der Waals surface area contributed by atoms with E-state index in [0.717, 1.165) is 25.7 Å². The van der Waals surface area contributed by atoms with E-state index in [4.69, 9.17) is 14.6 Å². The predicted molar refractivity (Wildman–Crippen MR) is 175 cm³/mol. The van der Waals surface area contributed by atoms with Gasteiger partial charge < -0.3 is 30.4 Å². The fourth-order valence-electron chi connectivity index (χ4n) is 5.25. The van der Waals surface area contributed by atoms with Crippen LogP contribution in [-0.2, 0) is 22.3 Å². The van der Waals surface area contributed by atoms with Gasteiger partial charge in [-0.1, -0.05) is 31.2 Å². The molecular formula is C34H33F6N5O6. The van der Waals surface area contributed by atoms with Crippen molar-refractivity contribution < 1.29 is 55.4 Å². The van der Waals surface area contributed by atoms with Crippen molar-refractivity contribution in [3.63, 3.8) is 0 Å². The summed E-state index contributed by atoms with van der Waals surface area (Å²) in [5.41, 5.74) is 0.263. The third kappa shape index (κ3) is 10.1. The lowest BCUT2D eigenvalue weighted by molar-refractivity contribution is -0.192. The molecule has 11 nitrogen and oxygen atoms in total. The zero-order valence-corrected chi connectivity index (χ0v) is 27.2. The summed E-state index contributed by atoms with van der Waals surface area (Å²) in [6, 6.07) is 14.9. The predicted octanol–water partition coefficient (Wildman–Crippen LogP) is 6.04. The Kier molecular flexibility index (Phi) is 12.1. The van der Waals surface area contributed by atoms with Crippen LogP contribution >= 0.6 is 0 Å². The van der Waals surface area contributed by atoms with Crippen LogP contribution < -0.4 is 15.4 Å². The number of methoxy groups -OCH3 is 1. The molecule has 0 atom stereocenters. The van der Waals surface area contributed by atoms with E-state index in [0.29, 0.717) is 24.0 Å². The Morgan fingerprint density at radius 1 is 0.863 bits per heavy atom. The summed E-state index contributed by atoms with van der Waals surface area (Å²) in [4.78, 5) is 55.0. The fraction of sp³-hybridized carbons (Fsp3) is 0.294. The van der Waals surface area contributed by atoms with Crippen molar-refractivity contribution in [1.82, 2.24) is 14.8 Å². The first-order valence-electron chi connectivity index (χ1n) is 15.4. The number of carbonyl (C=O) groups is 4. The second kappa shape index (κ2) is 16.1. The number of benzene rings is 3. The molecule has 4 aromatic rings. The first-order chi connectivity index (χ1) is 24.0. The van der Waals surface area contributed by atoms with Crippen LogP contribution in [0.3, 0.4) is 0 Å². The van der Waals surface area contributed by atoms with Gasteiger partial charge in [0.05, 0.1) is 18.2 Å². The molecule has 17 heteroatoms. The number of aliphatic carboxylic acids is 1. The number of ketones is 1. The normalized spacial score (nSPS) is 14.0. The third-order valence-corrected chi connectivity index (χ3v) is 7.92. The number of carbonyl (C=O) groups excluding carboxylic acids is 3. The van der Waals surface area contributed by atoms with Crippen molar-refractivity contribution in [2.75, 3.05) is 50.5 Å². The second-order valence-electron chi connectivity index (χ2n) is 11.3. The molecule has 2 heterocycles. The van der Waals surface area contributed by atoms with E-state index in [9.17, 15) is 40.7 Å². The maximum atomic E-state index is 14.1. The van der Waals surface area contributed by atoms with Crippen LogP contribution in [0.15, 0.2) is 66.9 Å². The largest absolute Gasteiger partial charge is 0.497 e. The molecule has 272 valence electrons. The van der Waals surface area contributed by atoms with Crippen LogP contribution in [0.2, 0.25) is 0 Å². The number of nitrogens with zero attached hydrogens (tertiary/aromatic N) is 2. The number of alkyl halides is 6. The summed E-state index contributed by atoms with van der Waals surface area (Å²) in [7, 11) is 1.36. The summed E-state index contributed by atoms with van der Waals surface area (Å²) in [5, 5.41) is 12.7. The number of carboxylic acids is 1. The Balaban J connectivity index is 0.000000755. The van der Waals surface area contributed by atoms with Crippen molar-refractivity contribution in [3.8, 4) is 5.75 Å². The van der Waals surface area contributed by atoms with Gasteiger partial charge in [0.15, 0.2) is 0 Å². The number of aromatic nitrogens is 1. The number of piperazine rings is 1. The number of H-pyrrole nitrogens is 1. The quantitative estimate of drug-likeness (QED) is 0.0931. The number of carboxylic acid groups (broad SMARTS) is 1. The molecular weight excluding hydrogens is 688 g/mol. The standard InChI is InChI=1S/C32H32F3N5O4.C2HF3O2/c1-3-39-10-12-40(13-11-39)19-20-8-9-22(17-27(20)32(33,34)35)37-30(42)21-14-23(16-24(15-21)44-2)38-31(43)29(41)26-18-36-28-7-5-4-6-25(26)28;3-2(4,5)1(6)7/h4-9,14-18,36H,3,10-13,19H2,1-2H3,(H,37,42)(H,38,43);(H,6,7). The molecule has 4 N–H and O–H groups in total. The van der Waals surface area contributed by atoms with E-state index in [1.807, 2.05) is 4.90 Å². The molecule has 2 amide bonds. The third-order valence-electron chi connectivity index (χ3n) is 7.92. The summed E-state index contributed by atoms with van der Waals surface area (Å²) >= 11 is 0. The zero-order chi connectivity index (χ0) is 37.5. The molecule has 0 bridgehead atoms. The fourth-order valence-corrected chi connectivity index (χ4v) is 5.25. The minimum Gasteiger partial charge on any atom is -0.497 e. The van der Waals surface area contributed by atoms with E-state index in [1.165, 1.54) is 43.6 Å². The average Bonchev–Trinajstić information content (AvgIpc) is 3.52. The van der Waals surface area contributed by atoms with Crippen LogP contribution in [0, 0.1) is 0 Å². The Bertz CT molecular complexity index is 1900. The monoisotopic (exact) mass is 721 g/mol. The van der Waals surface area contributed by atoms with E-state index < -0.39 is 41.5 Å². The molecule has 0 radical (unpaired) electrons. The minimum absolute atomic E-state index is 0.00521. The van der Waals surface area contributed by atoms with E-state index in [-0.39, 0.29) is 40.4 Å². The van der Waals surface area contributed by atoms with Gasteiger partial charge in [-0.3, -0.25) is 19.3 Å². The maximum Gasteiger partial charge on any atom is 0.490 e. The van der Waals surface area contributed by atoms with E-state index in [1.54, 1.807) is 24.3 Å². The topological polar surface area (TPSA) is 144 Å². The van der Waals surface area contributed by atoms with E-state index in [2.05, 4.69) is 27.4 Å². The number of hydrogen-bond acceptors (Lipinski definition) is 7. The van der Waals surface area contributed by atoms with Crippen LogP contribution in [-0.4, -0.2) is 89.5 Å². The molecule has 1 aromatic heterocycles. The number of amides is 2. The van der Waals surface area contributed by atoms with Crippen molar-refractivity contribution in [1.29, 1.82) is 0 Å². The number of fused-ring (bicyclic) bond motifs is 1. The molecule has 0 unspecified atom stereocenters. The first-order valence-corrected chi connectivity index (χ1v) is 15.4. The van der Waals surface area contributed by atoms with Gasteiger partial charge in [-0.05, 0) is 42.4 Å². The van der Waals surface area contributed by atoms with Crippen molar-refractivity contribution >= 4 is 45.8 Å². The number of hydrogen-bond donors (Lipinski definition) is 4. The molecule has 1 saturated heterocycles. The summed E-state index contributed by atoms with van der Waals surface area (Å²) in [5.74, 6) is -5.01. The molecule has 51 heavy (non-hydrogen) atoms. The highest BCUT2D eigenvalue weighted by molar-refractivity contribution is 6.48. The number of likely N-dealkylation sites (N-methyl/N-ethyl adjacent to an activating group) is 1. The summed E-state index contributed by atoms with van der Waals surface area (Å²) < 4.78 is 79.2. The van der Waals surface area contributed by atoms with E-state index >= 15 is 0 Å². The average molecular weight is 722 g/mol. The molecule has 1 fully saturated rings.